The number of hydrogen-bond acceptors (Lipinski definition) is 4. The largest absolute Gasteiger partial charge is 0.484 e. The van der Waals surface area contributed by atoms with Gasteiger partial charge in [-0.15, -0.1) is 0 Å². The van der Waals surface area contributed by atoms with Gasteiger partial charge >= 0.3 is 0 Å². The average molecular weight is 340 g/mol. The molecule has 3 aromatic rings. The van der Waals surface area contributed by atoms with E-state index < -0.39 is 0 Å². The van der Waals surface area contributed by atoms with Crippen LogP contribution in [0.5, 0.6) is 5.75 Å². The van der Waals surface area contributed by atoms with Crippen molar-refractivity contribution in [2.45, 2.75) is 27.7 Å². The van der Waals surface area contributed by atoms with E-state index in [1.54, 1.807) is 0 Å². The average Bonchev–Trinajstić information content (AvgIpc) is 2.86. The second kappa shape index (κ2) is 6.61. The second-order valence-electron chi connectivity index (χ2n) is 6.08. The van der Waals surface area contributed by atoms with Crippen LogP contribution >= 0.6 is 11.3 Å². The van der Waals surface area contributed by atoms with Gasteiger partial charge in [0.15, 0.2) is 11.7 Å². The number of carbonyl (C=O) groups is 1. The number of amides is 1. The Hall–Kier alpha value is -2.40. The van der Waals surface area contributed by atoms with Crippen LogP contribution < -0.4 is 10.1 Å². The molecule has 0 radical (unpaired) electrons. The van der Waals surface area contributed by atoms with Crippen molar-refractivity contribution in [2.75, 3.05) is 11.9 Å². The minimum absolute atomic E-state index is 0.0309. The Morgan fingerprint density at radius 3 is 2.42 bits per heavy atom. The Kier molecular flexibility index (Phi) is 4.53. The van der Waals surface area contributed by atoms with Gasteiger partial charge in [-0.3, -0.25) is 10.1 Å². The minimum Gasteiger partial charge on any atom is -0.484 e. The molecule has 1 aromatic heterocycles. The van der Waals surface area contributed by atoms with Crippen LogP contribution in [0, 0.1) is 27.7 Å². The summed E-state index contributed by atoms with van der Waals surface area (Å²) in [7, 11) is 0. The molecule has 1 amide bonds. The van der Waals surface area contributed by atoms with Gasteiger partial charge in [0.2, 0.25) is 0 Å². The fraction of sp³-hybridized carbons (Fsp3) is 0.263. The van der Waals surface area contributed by atoms with Gasteiger partial charge in [0.25, 0.3) is 5.91 Å². The summed E-state index contributed by atoms with van der Waals surface area (Å²) in [6, 6.07) is 10.1. The third-order valence-corrected chi connectivity index (χ3v) is 4.75. The Balaban J connectivity index is 1.66. The molecular weight excluding hydrogens is 320 g/mol. The molecule has 2 aromatic carbocycles. The van der Waals surface area contributed by atoms with Gasteiger partial charge in [0.05, 0.1) is 10.2 Å². The number of fused-ring (bicyclic) bond motifs is 1. The van der Waals surface area contributed by atoms with Gasteiger partial charge in [-0.1, -0.05) is 17.4 Å². The van der Waals surface area contributed by atoms with Crippen LogP contribution in [0.4, 0.5) is 5.13 Å². The number of aromatic nitrogens is 1. The van der Waals surface area contributed by atoms with Crippen LogP contribution in [0.3, 0.4) is 0 Å². The monoisotopic (exact) mass is 340 g/mol. The van der Waals surface area contributed by atoms with Crippen LogP contribution in [0.15, 0.2) is 30.3 Å². The number of ether oxygens (including phenoxy) is 1. The first kappa shape index (κ1) is 16.5. The molecule has 0 unspecified atom stereocenters. The number of nitrogens with one attached hydrogen (secondary N) is 1. The molecule has 0 spiro atoms. The van der Waals surface area contributed by atoms with Crippen molar-refractivity contribution in [3.63, 3.8) is 0 Å². The van der Waals surface area contributed by atoms with Gasteiger partial charge in [0, 0.05) is 0 Å². The third-order valence-electron chi connectivity index (χ3n) is 3.82. The molecule has 0 aliphatic heterocycles. The lowest BCUT2D eigenvalue weighted by Crippen LogP contribution is -2.20. The van der Waals surface area contributed by atoms with Crippen molar-refractivity contribution >= 4 is 32.6 Å². The maximum absolute atomic E-state index is 12.1. The molecule has 24 heavy (non-hydrogen) atoms. The summed E-state index contributed by atoms with van der Waals surface area (Å²) < 4.78 is 6.65. The Morgan fingerprint density at radius 2 is 1.71 bits per heavy atom. The van der Waals surface area contributed by atoms with Crippen LogP contribution in [-0.4, -0.2) is 17.5 Å². The predicted octanol–water partition coefficient (Wildman–Crippen LogP) is 4.55. The molecule has 3 rings (SSSR count). The predicted molar refractivity (Wildman–Crippen MR) is 99.1 cm³/mol. The first-order valence-electron chi connectivity index (χ1n) is 7.79. The van der Waals surface area contributed by atoms with E-state index >= 15 is 0 Å². The molecule has 0 aliphatic rings. The van der Waals surface area contributed by atoms with Crippen LogP contribution in [-0.2, 0) is 4.79 Å². The lowest BCUT2D eigenvalue weighted by Gasteiger charge is -2.07. The van der Waals surface area contributed by atoms with E-state index in [0.29, 0.717) is 10.9 Å². The lowest BCUT2D eigenvalue weighted by molar-refractivity contribution is -0.118. The fourth-order valence-electron chi connectivity index (χ4n) is 2.55. The van der Waals surface area contributed by atoms with E-state index in [1.807, 2.05) is 32.0 Å². The summed E-state index contributed by atoms with van der Waals surface area (Å²) in [6.07, 6.45) is 0. The molecule has 4 nitrogen and oxygen atoms in total. The second-order valence-corrected chi connectivity index (χ2v) is 7.11. The highest BCUT2D eigenvalue weighted by Crippen LogP contribution is 2.28. The highest BCUT2D eigenvalue weighted by atomic mass is 32.1. The van der Waals surface area contributed by atoms with E-state index in [2.05, 4.69) is 36.3 Å². The molecule has 0 saturated carbocycles. The summed E-state index contributed by atoms with van der Waals surface area (Å²) in [5, 5.41) is 3.41. The zero-order chi connectivity index (χ0) is 17.3. The van der Waals surface area contributed by atoms with E-state index in [0.717, 1.165) is 21.3 Å². The van der Waals surface area contributed by atoms with Crippen molar-refractivity contribution in [1.29, 1.82) is 0 Å². The smallest absolute Gasteiger partial charge is 0.264 e. The molecule has 0 atom stereocenters. The normalized spacial score (nSPS) is 10.8. The number of hydrogen-bond donors (Lipinski definition) is 1. The number of rotatable bonds is 4. The lowest BCUT2D eigenvalue weighted by atomic mass is 10.1. The first-order chi connectivity index (χ1) is 11.4. The van der Waals surface area contributed by atoms with Crippen LogP contribution in [0.1, 0.15) is 22.3 Å². The molecular formula is C19H20N2O2S. The molecule has 0 saturated heterocycles. The summed E-state index contributed by atoms with van der Waals surface area (Å²) in [5.74, 6) is 0.500. The zero-order valence-corrected chi connectivity index (χ0v) is 15.1. The molecule has 1 heterocycles. The van der Waals surface area contributed by atoms with Gasteiger partial charge in [-0.05, 0) is 74.2 Å². The number of benzene rings is 2. The molecule has 124 valence electrons. The number of thiazole rings is 1. The Morgan fingerprint density at radius 1 is 1.04 bits per heavy atom. The molecule has 1 N–H and O–H groups in total. The van der Waals surface area contributed by atoms with Gasteiger partial charge < -0.3 is 4.74 Å². The van der Waals surface area contributed by atoms with E-state index in [-0.39, 0.29) is 12.5 Å². The highest BCUT2D eigenvalue weighted by Gasteiger charge is 2.10. The number of aryl methyl sites for hydroxylation is 4. The zero-order valence-electron chi connectivity index (χ0n) is 14.3. The number of nitrogens with zero attached hydrogens (tertiary/aromatic N) is 1. The topological polar surface area (TPSA) is 51.2 Å². The number of anilines is 1. The number of carbonyl (C=O) groups excluding carboxylic acids is 1. The fourth-order valence-corrected chi connectivity index (χ4v) is 3.52. The maximum atomic E-state index is 12.1. The quantitative estimate of drug-likeness (QED) is 0.758. The van der Waals surface area contributed by atoms with E-state index in [9.17, 15) is 4.79 Å². The standard InChI is InChI=1S/C19H20N2O2S/c1-11-5-12(2)7-15(6-11)23-10-18(22)21-19-20-16-8-13(3)14(4)9-17(16)24-19/h5-9H,10H2,1-4H3,(H,20,21,22). The third kappa shape index (κ3) is 3.74. The van der Waals surface area contributed by atoms with Crippen LogP contribution in [0.25, 0.3) is 10.2 Å². The summed E-state index contributed by atoms with van der Waals surface area (Å²) >= 11 is 1.48. The SMILES string of the molecule is Cc1cc(C)cc(OCC(=O)Nc2nc3cc(C)c(C)cc3s2)c1. The molecule has 0 bridgehead atoms. The maximum Gasteiger partial charge on any atom is 0.264 e. The van der Waals surface area contributed by atoms with Crippen molar-refractivity contribution in [3.05, 3.63) is 52.6 Å². The molecule has 0 aliphatic carbocycles. The van der Waals surface area contributed by atoms with Crippen molar-refractivity contribution in [1.82, 2.24) is 4.98 Å². The summed E-state index contributed by atoms with van der Waals surface area (Å²) in [4.78, 5) is 16.6. The van der Waals surface area contributed by atoms with Crippen molar-refractivity contribution < 1.29 is 9.53 Å². The summed E-state index contributed by atoms with van der Waals surface area (Å²) in [5.41, 5.74) is 5.56. The minimum atomic E-state index is -0.207. The Bertz CT molecular complexity index is 856. The Labute approximate surface area is 145 Å². The first-order valence-corrected chi connectivity index (χ1v) is 8.61. The van der Waals surface area contributed by atoms with E-state index in [1.165, 1.54) is 22.5 Å². The van der Waals surface area contributed by atoms with Crippen molar-refractivity contribution in [3.8, 4) is 5.75 Å². The molecule has 5 heteroatoms. The molecule has 0 fully saturated rings. The van der Waals surface area contributed by atoms with Gasteiger partial charge in [-0.2, -0.15) is 0 Å². The van der Waals surface area contributed by atoms with E-state index in [4.69, 9.17) is 4.74 Å². The highest BCUT2D eigenvalue weighted by molar-refractivity contribution is 7.22. The van der Waals surface area contributed by atoms with Crippen LogP contribution in [0.2, 0.25) is 0 Å². The van der Waals surface area contributed by atoms with Crippen molar-refractivity contribution in [2.24, 2.45) is 0 Å². The van der Waals surface area contributed by atoms with Gasteiger partial charge in [-0.25, -0.2) is 4.98 Å². The summed E-state index contributed by atoms with van der Waals surface area (Å²) in [6.45, 7) is 8.11. The van der Waals surface area contributed by atoms with Gasteiger partial charge in [0.1, 0.15) is 5.75 Å².